The van der Waals surface area contributed by atoms with Crippen molar-refractivity contribution in [2.24, 2.45) is 0 Å². The topological polar surface area (TPSA) is 72.2 Å². The molecule has 0 saturated heterocycles. The van der Waals surface area contributed by atoms with E-state index in [1.54, 1.807) is 18.3 Å². The zero-order valence-electron chi connectivity index (χ0n) is 14.6. The molecule has 3 aromatic heterocycles. The van der Waals surface area contributed by atoms with Crippen molar-refractivity contribution < 1.29 is 14.2 Å². The number of rotatable bonds is 7. The molecule has 0 aliphatic heterocycles. The second-order valence-electron chi connectivity index (χ2n) is 6.03. The average Bonchev–Trinajstić information content (AvgIpc) is 3.00. The molecule has 0 bridgehead atoms. The normalized spacial score (nSPS) is 11.2. The van der Waals surface area contributed by atoms with E-state index >= 15 is 0 Å². The number of alkyl halides is 1. The van der Waals surface area contributed by atoms with Crippen LogP contribution in [0, 0.1) is 0 Å². The van der Waals surface area contributed by atoms with Crippen LogP contribution < -0.4 is 10.1 Å². The second-order valence-corrected chi connectivity index (χ2v) is 6.03. The monoisotopic (exact) mass is 366 g/mol. The van der Waals surface area contributed by atoms with Crippen LogP contribution >= 0.6 is 0 Å². The first-order valence-corrected chi connectivity index (χ1v) is 8.70. The molecule has 2 N–H and O–H groups in total. The Morgan fingerprint density at radius 3 is 2.93 bits per heavy atom. The number of benzene rings is 1. The summed E-state index contributed by atoms with van der Waals surface area (Å²) >= 11 is 0. The average molecular weight is 366 g/mol. The predicted octanol–water partition coefficient (Wildman–Crippen LogP) is 3.67. The first kappa shape index (κ1) is 17.2. The van der Waals surface area contributed by atoms with E-state index in [1.807, 2.05) is 41.1 Å². The number of hydrogen-bond donors (Lipinski definition) is 2. The van der Waals surface area contributed by atoms with E-state index in [1.165, 1.54) is 0 Å². The number of ether oxygens (including phenoxy) is 1. The summed E-state index contributed by atoms with van der Waals surface area (Å²) in [5, 5.41) is 14.7. The molecule has 0 fully saturated rings. The number of aliphatic hydroxyl groups is 1. The van der Waals surface area contributed by atoms with Crippen LogP contribution in [0.2, 0.25) is 0 Å². The van der Waals surface area contributed by atoms with Gasteiger partial charge < -0.3 is 19.7 Å². The fourth-order valence-corrected chi connectivity index (χ4v) is 3.17. The maximum absolute atomic E-state index is 12.3. The number of hydrogen-bond acceptors (Lipinski definition) is 5. The van der Waals surface area contributed by atoms with Gasteiger partial charge in [0.25, 0.3) is 0 Å². The minimum absolute atomic E-state index is 0.0223. The first-order valence-electron chi connectivity index (χ1n) is 8.70. The maximum atomic E-state index is 12.3. The second kappa shape index (κ2) is 7.59. The SMILES string of the molecule is OCCn1c2ccncc2c2ccc(Nc3cccc(OCCF)c3)nc21. The number of aliphatic hydroxyl groups excluding tert-OH is 1. The number of halogens is 1. The molecule has 0 aliphatic carbocycles. The minimum Gasteiger partial charge on any atom is -0.491 e. The van der Waals surface area contributed by atoms with Crippen LogP contribution in [0.3, 0.4) is 0 Å². The minimum atomic E-state index is -0.528. The van der Waals surface area contributed by atoms with Crippen molar-refractivity contribution >= 4 is 33.4 Å². The Morgan fingerprint density at radius 1 is 1.15 bits per heavy atom. The number of nitrogens with one attached hydrogen (secondary N) is 1. The third-order valence-corrected chi connectivity index (χ3v) is 4.29. The van der Waals surface area contributed by atoms with Crippen molar-refractivity contribution in [3.63, 3.8) is 0 Å². The highest BCUT2D eigenvalue weighted by molar-refractivity contribution is 6.06. The summed E-state index contributed by atoms with van der Waals surface area (Å²) in [5.74, 6) is 1.26. The number of pyridine rings is 2. The lowest BCUT2D eigenvalue weighted by atomic mass is 10.2. The molecule has 4 aromatic rings. The van der Waals surface area contributed by atoms with E-state index in [0.717, 1.165) is 27.6 Å². The number of anilines is 2. The molecule has 0 saturated carbocycles. The summed E-state index contributed by atoms with van der Waals surface area (Å²) in [6.45, 7) is -0.0232. The van der Waals surface area contributed by atoms with Crippen LogP contribution in [0.25, 0.3) is 21.9 Å². The quantitative estimate of drug-likeness (QED) is 0.522. The van der Waals surface area contributed by atoms with E-state index in [2.05, 4.69) is 10.3 Å². The van der Waals surface area contributed by atoms with Gasteiger partial charge in [-0.1, -0.05) is 6.07 Å². The summed E-state index contributed by atoms with van der Waals surface area (Å²) in [7, 11) is 0. The molecule has 0 amide bonds. The van der Waals surface area contributed by atoms with Crippen LogP contribution in [0.5, 0.6) is 5.75 Å². The molecular formula is C20H19FN4O2. The lowest BCUT2D eigenvalue weighted by molar-refractivity contribution is 0.273. The third kappa shape index (κ3) is 3.41. The highest BCUT2D eigenvalue weighted by Crippen LogP contribution is 2.29. The fraction of sp³-hybridized carbons (Fsp3) is 0.200. The number of nitrogens with zero attached hydrogens (tertiary/aromatic N) is 3. The van der Waals surface area contributed by atoms with Gasteiger partial charge in [0.15, 0.2) is 0 Å². The van der Waals surface area contributed by atoms with Gasteiger partial charge in [0, 0.05) is 41.5 Å². The van der Waals surface area contributed by atoms with Gasteiger partial charge in [-0.3, -0.25) is 4.98 Å². The van der Waals surface area contributed by atoms with Crippen molar-refractivity contribution in [1.82, 2.24) is 14.5 Å². The highest BCUT2D eigenvalue weighted by atomic mass is 19.1. The van der Waals surface area contributed by atoms with Gasteiger partial charge >= 0.3 is 0 Å². The third-order valence-electron chi connectivity index (χ3n) is 4.29. The molecule has 7 heteroatoms. The lowest BCUT2D eigenvalue weighted by Crippen LogP contribution is -2.03. The molecule has 138 valence electrons. The largest absolute Gasteiger partial charge is 0.491 e. The van der Waals surface area contributed by atoms with E-state index in [4.69, 9.17) is 9.72 Å². The summed E-state index contributed by atoms with van der Waals surface area (Å²) in [6, 6.07) is 13.1. The molecule has 0 unspecified atom stereocenters. The first-order chi connectivity index (χ1) is 13.3. The van der Waals surface area contributed by atoms with Crippen LogP contribution in [0.4, 0.5) is 15.9 Å². The highest BCUT2D eigenvalue weighted by Gasteiger charge is 2.12. The number of aromatic nitrogens is 3. The zero-order valence-corrected chi connectivity index (χ0v) is 14.6. The molecule has 0 aliphatic rings. The molecule has 4 rings (SSSR count). The molecule has 0 atom stereocenters. The van der Waals surface area contributed by atoms with Crippen molar-refractivity contribution in [2.45, 2.75) is 6.54 Å². The Kier molecular flexibility index (Phi) is 4.84. The Bertz CT molecular complexity index is 1080. The van der Waals surface area contributed by atoms with Gasteiger partial charge in [0.2, 0.25) is 0 Å². The lowest BCUT2D eigenvalue weighted by Gasteiger charge is -2.09. The molecule has 6 nitrogen and oxygen atoms in total. The van der Waals surface area contributed by atoms with Gasteiger partial charge in [-0.25, -0.2) is 9.37 Å². The molecule has 0 radical (unpaired) electrons. The summed E-state index contributed by atoms with van der Waals surface area (Å²) < 4.78 is 19.6. The van der Waals surface area contributed by atoms with Crippen LogP contribution in [-0.2, 0) is 6.54 Å². The van der Waals surface area contributed by atoms with Gasteiger partial charge in [-0.2, -0.15) is 0 Å². The standard InChI is InChI=1S/C20H19FN4O2/c21-7-11-27-15-3-1-2-14(12-15)23-19-5-4-16-17-13-22-8-6-18(17)25(9-10-26)20(16)24-19/h1-6,8,12-13,26H,7,9-11H2,(H,23,24). The molecular weight excluding hydrogens is 347 g/mol. The van der Waals surface area contributed by atoms with Gasteiger partial charge in [-0.05, 0) is 30.3 Å². The smallest absolute Gasteiger partial charge is 0.143 e. The van der Waals surface area contributed by atoms with Crippen LogP contribution in [0.15, 0.2) is 54.9 Å². The van der Waals surface area contributed by atoms with E-state index in [9.17, 15) is 9.50 Å². The summed E-state index contributed by atoms with van der Waals surface area (Å²) in [6.07, 6.45) is 3.54. The molecule has 27 heavy (non-hydrogen) atoms. The summed E-state index contributed by atoms with van der Waals surface area (Å²) in [5.41, 5.74) is 2.56. The Hall–Kier alpha value is -3.19. The van der Waals surface area contributed by atoms with Crippen molar-refractivity contribution in [1.29, 1.82) is 0 Å². The molecule has 1 aromatic carbocycles. The van der Waals surface area contributed by atoms with Gasteiger partial charge in [-0.15, -0.1) is 0 Å². The van der Waals surface area contributed by atoms with Crippen molar-refractivity contribution in [3.8, 4) is 5.75 Å². The van der Waals surface area contributed by atoms with Crippen molar-refractivity contribution in [2.75, 3.05) is 25.2 Å². The van der Waals surface area contributed by atoms with Crippen LogP contribution in [-0.4, -0.2) is 39.5 Å². The predicted molar refractivity (Wildman–Crippen MR) is 103 cm³/mol. The maximum Gasteiger partial charge on any atom is 0.143 e. The molecule has 3 heterocycles. The van der Waals surface area contributed by atoms with E-state index < -0.39 is 6.67 Å². The van der Waals surface area contributed by atoms with E-state index in [0.29, 0.717) is 18.1 Å². The molecule has 0 spiro atoms. The fourth-order valence-electron chi connectivity index (χ4n) is 3.17. The van der Waals surface area contributed by atoms with Crippen molar-refractivity contribution in [3.05, 3.63) is 54.9 Å². The van der Waals surface area contributed by atoms with Crippen LogP contribution in [0.1, 0.15) is 0 Å². The summed E-state index contributed by atoms with van der Waals surface area (Å²) in [4.78, 5) is 8.93. The van der Waals surface area contributed by atoms with Gasteiger partial charge in [0.1, 0.15) is 30.5 Å². The Labute approximate surface area is 155 Å². The Balaban J connectivity index is 1.71. The van der Waals surface area contributed by atoms with Gasteiger partial charge in [0.05, 0.1) is 12.1 Å². The number of fused-ring (bicyclic) bond motifs is 3. The Morgan fingerprint density at radius 2 is 2.07 bits per heavy atom. The van der Waals surface area contributed by atoms with E-state index in [-0.39, 0.29) is 13.2 Å². The zero-order chi connectivity index (χ0) is 18.6.